The molecule has 1 heterocycles. The van der Waals surface area contributed by atoms with Gasteiger partial charge in [0.25, 0.3) is 0 Å². The van der Waals surface area contributed by atoms with E-state index in [9.17, 15) is 4.79 Å². The summed E-state index contributed by atoms with van der Waals surface area (Å²) in [5.74, 6) is 0.131. The van der Waals surface area contributed by atoms with Crippen LogP contribution in [0, 0.1) is 0 Å². The van der Waals surface area contributed by atoms with Gasteiger partial charge in [0.1, 0.15) is 11.6 Å². The molecule has 0 fully saturated rings. The molecule has 0 radical (unpaired) electrons. The lowest BCUT2D eigenvalue weighted by Crippen LogP contribution is -2.16. The summed E-state index contributed by atoms with van der Waals surface area (Å²) in [7, 11) is 0. The minimum atomic E-state index is -0.259. The maximum absolute atomic E-state index is 12.5. The predicted molar refractivity (Wildman–Crippen MR) is 71.0 cm³/mol. The number of hydrogen-bond acceptors (Lipinski definition) is 3. The van der Waals surface area contributed by atoms with Gasteiger partial charge in [0.15, 0.2) is 5.78 Å². The highest BCUT2D eigenvalue weighted by molar-refractivity contribution is 6.03. The smallest absolute Gasteiger partial charge is 0.188 e. The number of nitrogens with zero attached hydrogens (tertiary/aromatic N) is 3. The third-order valence-electron chi connectivity index (χ3n) is 3.67. The molecule has 4 rings (SSSR count). The maximum atomic E-state index is 12.5. The van der Waals surface area contributed by atoms with Crippen molar-refractivity contribution in [3.8, 4) is 0 Å². The lowest BCUT2D eigenvalue weighted by molar-refractivity contribution is 0.0936. The molecule has 1 aromatic heterocycles. The van der Waals surface area contributed by atoms with Gasteiger partial charge in [-0.3, -0.25) is 4.79 Å². The van der Waals surface area contributed by atoms with Crippen molar-refractivity contribution < 1.29 is 4.79 Å². The van der Waals surface area contributed by atoms with Crippen LogP contribution in [0.2, 0.25) is 0 Å². The van der Waals surface area contributed by atoms with Crippen LogP contribution in [-0.4, -0.2) is 20.8 Å². The van der Waals surface area contributed by atoms with Gasteiger partial charge in [0.05, 0.1) is 5.52 Å². The Morgan fingerprint density at radius 2 is 1.84 bits per heavy atom. The summed E-state index contributed by atoms with van der Waals surface area (Å²) in [5.41, 5.74) is 3.64. The summed E-state index contributed by atoms with van der Waals surface area (Å²) >= 11 is 0. The zero-order valence-corrected chi connectivity index (χ0v) is 10.2. The highest BCUT2D eigenvalue weighted by atomic mass is 16.1. The number of carbonyl (C=O) groups is 1. The molecule has 1 atom stereocenters. The zero-order valence-electron chi connectivity index (χ0n) is 10.2. The fourth-order valence-electron chi connectivity index (χ4n) is 2.73. The molecule has 0 aliphatic heterocycles. The molecule has 0 bridgehead atoms. The molecule has 3 aromatic rings. The van der Waals surface area contributed by atoms with Crippen molar-refractivity contribution in [3.63, 3.8) is 0 Å². The molecule has 1 aliphatic carbocycles. The second kappa shape index (κ2) is 3.75. The lowest BCUT2D eigenvalue weighted by Gasteiger charge is -2.08. The van der Waals surface area contributed by atoms with E-state index in [2.05, 4.69) is 10.3 Å². The summed E-state index contributed by atoms with van der Waals surface area (Å²) in [6.07, 6.45) is 0.697. The van der Waals surface area contributed by atoms with E-state index in [1.807, 2.05) is 48.5 Å². The number of Topliss-reactive ketones (excluding diaryl/α,β-unsaturated/α-hetero) is 1. The molecule has 4 heteroatoms. The first-order chi connectivity index (χ1) is 9.34. The zero-order chi connectivity index (χ0) is 12.8. The van der Waals surface area contributed by atoms with Crippen molar-refractivity contribution in [3.05, 3.63) is 59.7 Å². The molecule has 2 aromatic carbocycles. The van der Waals surface area contributed by atoms with Crippen LogP contribution in [0.3, 0.4) is 0 Å². The first-order valence-electron chi connectivity index (χ1n) is 6.26. The summed E-state index contributed by atoms with van der Waals surface area (Å²) in [6, 6.07) is 15.2. The number of para-hydroxylation sites is 1. The molecule has 1 unspecified atom stereocenters. The van der Waals surface area contributed by atoms with Gasteiger partial charge in [-0.2, -0.15) is 0 Å². The topological polar surface area (TPSA) is 47.8 Å². The molecule has 4 nitrogen and oxygen atoms in total. The number of carbonyl (C=O) groups excluding carboxylic acids is 1. The Labute approximate surface area is 109 Å². The molecular weight excluding hydrogens is 238 g/mol. The maximum Gasteiger partial charge on any atom is 0.188 e. The standard InChI is InChI=1S/C15H11N3O/c19-15-11-6-2-1-5-10(11)9-14(15)18-13-8-4-3-7-12(13)16-17-18/h1-8,14H,9H2. The second-order valence-corrected chi connectivity index (χ2v) is 4.76. The van der Waals surface area contributed by atoms with Gasteiger partial charge in [-0.05, 0) is 17.7 Å². The minimum Gasteiger partial charge on any atom is -0.292 e. The van der Waals surface area contributed by atoms with Gasteiger partial charge < -0.3 is 0 Å². The Morgan fingerprint density at radius 3 is 2.74 bits per heavy atom. The summed E-state index contributed by atoms with van der Waals surface area (Å²) < 4.78 is 1.75. The van der Waals surface area contributed by atoms with Gasteiger partial charge >= 0.3 is 0 Å². The van der Waals surface area contributed by atoms with E-state index in [1.165, 1.54) is 0 Å². The van der Waals surface area contributed by atoms with Gasteiger partial charge in [-0.1, -0.05) is 41.6 Å². The number of hydrogen-bond donors (Lipinski definition) is 0. The quantitative estimate of drug-likeness (QED) is 0.665. The molecule has 1 aliphatic rings. The fraction of sp³-hybridized carbons (Fsp3) is 0.133. The number of rotatable bonds is 1. The Bertz CT molecular complexity index is 791. The highest BCUT2D eigenvalue weighted by Crippen LogP contribution is 2.31. The van der Waals surface area contributed by atoms with E-state index < -0.39 is 0 Å². The first-order valence-corrected chi connectivity index (χ1v) is 6.26. The Morgan fingerprint density at radius 1 is 1.05 bits per heavy atom. The van der Waals surface area contributed by atoms with Crippen LogP contribution in [0.15, 0.2) is 48.5 Å². The Kier molecular flexibility index (Phi) is 2.06. The molecule has 0 saturated heterocycles. The van der Waals surface area contributed by atoms with E-state index >= 15 is 0 Å². The number of benzene rings is 2. The number of aromatic nitrogens is 3. The fourth-order valence-corrected chi connectivity index (χ4v) is 2.73. The van der Waals surface area contributed by atoms with Crippen LogP contribution in [0.4, 0.5) is 0 Å². The van der Waals surface area contributed by atoms with Gasteiger partial charge in [-0.25, -0.2) is 4.68 Å². The summed E-state index contributed by atoms with van der Waals surface area (Å²) in [5, 5.41) is 8.28. The van der Waals surface area contributed by atoms with E-state index in [0.29, 0.717) is 6.42 Å². The predicted octanol–water partition coefficient (Wildman–Crippen LogP) is 2.41. The number of fused-ring (bicyclic) bond motifs is 2. The van der Waals surface area contributed by atoms with Crippen molar-refractivity contribution in [1.29, 1.82) is 0 Å². The average molecular weight is 249 g/mol. The van der Waals surface area contributed by atoms with Crippen LogP contribution >= 0.6 is 0 Å². The van der Waals surface area contributed by atoms with Crippen LogP contribution < -0.4 is 0 Å². The Hall–Kier alpha value is -2.49. The number of ketones is 1. The van der Waals surface area contributed by atoms with Crippen LogP contribution in [0.5, 0.6) is 0 Å². The molecule has 92 valence electrons. The van der Waals surface area contributed by atoms with Gasteiger partial charge in [-0.15, -0.1) is 5.10 Å². The second-order valence-electron chi connectivity index (χ2n) is 4.76. The monoisotopic (exact) mass is 249 g/mol. The minimum absolute atomic E-state index is 0.131. The normalized spacial score (nSPS) is 17.9. The van der Waals surface area contributed by atoms with E-state index in [1.54, 1.807) is 4.68 Å². The van der Waals surface area contributed by atoms with Crippen molar-refractivity contribution in [2.45, 2.75) is 12.5 Å². The molecular formula is C15H11N3O. The molecule has 0 saturated carbocycles. The molecule has 0 spiro atoms. The van der Waals surface area contributed by atoms with E-state index in [-0.39, 0.29) is 11.8 Å². The lowest BCUT2D eigenvalue weighted by atomic mass is 10.1. The third-order valence-corrected chi connectivity index (χ3v) is 3.67. The molecule has 19 heavy (non-hydrogen) atoms. The Balaban J connectivity index is 1.85. The largest absolute Gasteiger partial charge is 0.292 e. The van der Waals surface area contributed by atoms with Crippen molar-refractivity contribution in [2.75, 3.05) is 0 Å². The summed E-state index contributed by atoms with van der Waals surface area (Å²) in [6.45, 7) is 0. The molecule has 0 N–H and O–H groups in total. The van der Waals surface area contributed by atoms with Crippen molar-refractivity contribution in [1.82, 2.24) is 15.0 Å². The average Bonchev–Trinajstić information content (AvgIpc) is 3.01. The van der Waals surface area contributed by atoms with Crippen LogP contribution in [0.1, 0.15) is 22.0 Å². The van der Waals surface area contributed by atoms with Crippen LogP contribution in [-0.2, 0) is 6.42 Å². The first kappa shape index (κ1) is 10.4. The highest BCUT2D eigenvalue weighted by Gasteiger charge is 2.33. The molecule has 0 amide bonds. The van der Waals surface area contributed by atoms with Crippen LogP contribution in [0.25, 0.3) is 11.0 Å². The van der Waals surface area contributed by atoms with Crippen molar-refractivity contribution >= 4 is 16.8 Å². The summed E-state index contributed by atoms with van der Waals surface area (Å²) in [4.78, 5) is 12.5. The van der Waals surface area contributed by atoms with E-state index in [0.717, 1.165) is 22.2 Å². The van der Waals surface area contributed by atoms with Crippen molar-refractivity contribution in [2.24, 2.45) is 0 Å². The van der Waals surface area contributed by atoms with Gasteiger partial charge in [0.2, 0.25) is 0 Å². The van der Waals surface area contributed by atoms with Gasteiger partial charge in [0, 0.05) is 12.0 Å². The third kappa shape index (κ3) is 1.43. The SMILES string of the molecule is O=C1c2ccccc2CC1n1nnc2ccccc21. The van der Waals surface area contributed by atoms with E-state index in [4.69, 9.17) is 0 Å².